The average molecular weight is 459 g/mol. The van der Waals surface area contributed by atoms with Gasteiger partial charge in [-0.25, -0.2) is 5.43 Å². The number of carbonyl (C=O) groups excluding carboxylic acids is 3. The summed E-state index contributed by atoms with van der Waals surface area (Å²) >= 11 is 0. The van der Waals surface area contributed by atoms with E-state index in [9.17, 15) is 14.4 Å². The van der Waals surface area contributed by atoms with Crippen molar-refractivity contribution in [3.63, 3.8) is 0 Å². The Morgan fingerprint density at radius 1 is 1.24 bits per heavy atom. The Labute approximate surface area is 197 Å². The van der Waals surface area contributed by atoms with Gasteiger partial charge in [0.25, 0.3) is 5.91 Å². The normalized spacial score (nSPS) is 17.3. The van der Waals surface area contributed by atoms with Gasteiger partial charge in [0, 0.05) is 26.1 Å². The maximum Gasteiger partial charge on any atom is 0.258 e. The molecular weight excluding hydrogens is 420 g/mol. The molecule has 1 aromatic carbocycles. The minimum atomic E-state index is -0.719. The number of benzene rings is 1. The third-order valence-electron chi connectivity index (χ3n) is 5.25. The first-order chi connectivity index (χ1) is 15.9. The molecular formula is C25H38N4O4. The summed E-state index contributed by atoms with van der Waals surface area (Å²) in [5.74, 6) is -0.790. The fourth-order valence-corrected chi connectivity index (χ4v) is 3.46. The molecule has 0 spiro atoms. The quantitative estimate of drug-likeness (QED) is 0.400. The van der Waals surface area contributed by atoms with Crippen molar-refractivity contribution >= 4 is 17.7 Å². The van der Waals surface area contributed by atoms with Gasteiger partial charge in [-0.15, -0.1) is 6.58 Å². The third kappa shape index (κ3) is 10.0. The number of allylic oxidation sites excluding steroid dienone is 1. The molecule has 1 aliphatic rings. The summed E-state index contributed by atoms with van der Waals surface area (Å²) in [5, 5.41) is 14.1. The summed E-state index contributed by atoms with van der Waals surface area (Å²) in [4.78, 5) is 37.9. The van der Waals surface area contributed by atoms with Crippen LogP contribution in [0.3, 0.4) is 0 Å². The largest absolute Gasteiger partial charge is 0.400 e. The molecule has 1 aromatic rings. The second-order valence-corrected chi connectivity index (χ2v) is 7.75. The molecule has 0 bridgehead atoms. The number of nitrogens with zero attached hydrogens (tertiary/aromatic N) is 1. The van der Waals surface area contributed by atoms with Crippen LogP contribution < -0.4 is 16.1 Å². The van der Waals surface area contributed by atoms with Crippen molar-refractivity contribution in [3.05, 3.63) is 60.7 Å². The first-order valence-electron chi connectivity index (χ1n) is 11.3. The van der Waals surface area contributed by atoms with Crippen LogP contribution in [-0.2, 0) is 20.8 Å². The Balaban J connectivity index is 0.00000265. The molecule has 1 aliphatic heterocycles. The van der Waals surface area contributed by atoms with E-state index >= 15 is 0 Å². The minimum Gasteiger partial charge on any atom is -0.400 e. The summed E-state index contributed by atoms with van der Waals surface area (Å²) in [6.45, 7) is 7.86. The monoisotopic (exact) mass is 458 g/mol. The average Bonchev–Trinajstić information content (AvgIpc) is 2.86. The van der Waals surface area contributed by atoms with Gasteiger partial charge in [0.05, 0.1) is 0 Å². The summed E-state index contributed by atoms with van der Waals surface area (Å²) in [5.41, 5.74) is 4.21. The van der Waals surface area contributed by atoms with Crippen LogP contribution in [0.4, 0.5) is 0 Å². The SMILES string of the molecule is C=CC1CCCN(C(=O)C(C)NC(=O)C(CCc2ccccc2)NC(=O)C/C=C/C)N1.CO. The molecule has 8 nitrogen and oxygen atoms in total. The zero-order chi connectivity index (χ0) is 24.6. The number of amides is 3. The van der Waals surface area contributed by atoms with Crippen molar-refractivity contribution in [2.45, 2.75) is 64.1 Å². The Bertz CT molecular complexity index is 782. The van der Waals surface area contributed by atoms with E-state index in [2.05, 4.69) is 22.6 Å². The lowest BCUT2D eigenvalue weighted by Crippen LogP contribution is -2.58. The third-order valence-corrected chi connectivity index (χ3v) is 5.25. The second-order valence-electron chi connectivity index (χ2n) is 7.75. The highest BCUT2D eigenvalue weighted by atomic mass is 16.2. The summed E-state index contributed by atoms with van der Waals surface area (Å²) < 4.78 is 0. The molecule has 8 heteroatoms. The van der Waals surface area contributed by atoms with Gasteiger partial charge in [0.1, 0.15) is 12.1 Å². The van der Waals surface area contributed by atoms with Crippen LogP contribution >= 0.6 is 0 Å². The van der Waals surface area contributed by atoms with Crippen LogP contribution in [-0.4, -0.2) is 59.6 Å². The van der Waals surface area contributed by atoms with Crippen molar-refractivity contribution in [3.8, 4) is 0 Å². The summed E-state index contributed by atoms with van der Waals surface area (Å²) in [6, 6.07) is 8.41. The highest BCUT2D eigenvalue weighted by molar-refractivity contribution is 5.92. The van der Waals surface area contributed by atoms with Gasteiger partial charge in [-0.2, -0.15) is 0 Å². The number of hydrazine groups is 1. The molecule has 0 aromatic heterocycles. The number of rotatable bonds is 10. The molecule has 1 fully saturated rings. The lowest BCUT2D eigenvalue weighted by molar-refractivity contribution is -0.140. The maximum atomic E-state index is 12.9. The first-order valence-corrected chi connectivity index (χ1v) is 11.3. The topological polar surface area (TPSA) is 111 Å². The van der Waals surface area contributed by atoms with Crippen LogP contribution in [0.1, 0.15) is 45.1 Å². The zero-order valence-corrected chi connectivity index (χ0v) is 19.9. The van der Waals surface area contributed by atoms with Gasteiger partial charge < -0.3 is 15.7 Å². The predicted octanol–water partition coefficient (Wildman–Crippen LogP) is 1.87. The Morgan fingerprint density at radius 3 is 2.58 bits per heavy atom. The number of hydrogen-bond donors (Lipinski definition) is 4. The van der Waals surface area contributed by atoms with E-state index in [-0.39, 0.29) is 30.2 Å². The van der Waals surface area contributed by atoms with E-state index in [0.717, 1.165) is 25.5 Å². The van der Waals surface area contributed by atoms with Crippen molar-refractivity contribution in [1.29, 1.82) is 0 Å². The molecule has 3 atom stereocenters. The van der Waals surface area contributed by atoms with Crippen LogP contribution in [0.2, 0.25) is 0 Å². The summed E-state index contributed by atoms with van der Waals surface area (Å²) in [7, 11) is 1.00. The molecule has 33 heavy (non-hydrogen) atoms. The standard InChI is InChI=1S/C24H34N4O3.CH4O/c1-4-6-14-22(29)26-21(16-15-19-11-8-7-9-12-19)23(30)25-18(3)24(31)28-17-10-13-20(5-2)27-28;1-2/h4-9,11-12,18,20-21,27H,2,10,13-17H2,1,3H3,(H,25,30)(H,26,29);2H,1H3/b6-4+;. The molecule has 3 unspecified atom stereocenters. The highest BCUT2D eigenvalue weighted by Gasteiger charge is 2.28. The second kappa shape index (κ2) is 15.8. The lowest BCUT2D eigenvalue weighted by atomic mass is 10.0. The maximum absolute atomic E-state index is 12.9. The Morgan fingerprint density at radius 2 is 1.94 bits per heavy atom. The van der Waals surface area contributed by atoms with Crippen molar-refractivity contribution in [2.75, 3.05) is 13.7 Å². The fourth-order valence-electron chi connectivity index (χ4n) is 3.46. The zero-order valence-electron chi connectivity index (χ0n) is 19.9. The fraction of sp³-hybridized carbons (Fsp3) is 0.480. The molecule has 0 radical (unpaired) electrons. The van der Waals surface area contributed by atoms with Crippen LogP contribution in [0.15, 0.2) is 55.1 Å². The minimum absolute atomic E-state index is 0.0464. The first kappa shape index (κ1) is 28.1. The van der Waals surface area contributed by atoms with Crippen LogP contribution in [0, 0.1) is 0 Å². The molecule has 4 N–H and O–H groups in total. The van der Waals surface area contributed by atoms with Crippen molar-refractivity contribution < 1.29 is 19.5 Å². The number of aliphatic hydroxyl groups excluding tert-OH is 1. The van der Waals surface area contributed by atoms with E-state index in [0.29, 0.717) is 19.4 Å². The predicted molar refractivity (Wildman–Crippen MR) is 130 cm³/mol. The lowest BCUT2D eigenvalue weighted by Gasteiger charge is -2.34. The molecule has 1 heterocycles. The van der Waals surface area contributed by atoms with E-state index in [1.165, 1.54) is 0 Å². The smallest absolute Gasteiger partial charge is 0.258 e. The molecule has 1 saturated heterocycles. The van der Waals surface area contributed by atoms with Gasteiger partial charge >= 0.3 is 0 Å². The van der Waals surface area contributed by atoms with E-state index in [4.69, 9.17) is 5.11 Å². The van der Waals surface area contributed by atoms with Gasteiger partial charge in [0.15, 0.2) is 0 Å². The molecule has 3 amide bonds. The number of aliphatic hydroxyl groups is 1. The van der Waals surface area contributed by atoms with Crippen LogP contribution in [0.5, 0.6) is 0 Å². The number of nitrogens with one attached hydrogen (secondary N) is 3. The van der Waals surface area contributed by atoms with Gasteiger partial charge in [-0.1, -0.05) is 48.6 Å². The van der Waals surface area contributed by atoms with Gasteiger partial charge in [-0.3, -0.25) is 19.4 Å². The van der Waals surface area contributed by atoms with E-state index in [1.807, 2.05) is 37.3 Å². The Kier molecular flexibility index (Phi) is 13.4. The molecule has 0 saturated carbocycles. The van der Waals surface area contributed by atoms with Crippen molar-refractivity contribution in [2.24, 2.45) is 0 Å². The van der Waals surface area contributed by atoms with Crippen molar-refractivity contribution in [1.82, 2.24) is 21.1 Å². The van der Waals surface area contributed by atoms with Gasteiger partial charge in [0.2, 0.25) is 11.8 Å². The summed E-state index contributed by atoms with van der Waals surface area (Å²) in [6.07, 6.45) is 8.40. The van der Waals surface area contributed by atoms with E-state index < -0.39 is 12.1 Å². The highest BCUT2D eigenvalue weighted by Crippen LogP contribution is 2.10. The molecule has 2 rings (SSSR count). The van der Waals surface area contributed by atoms with Gasteiger partial charge in [-0.05, 0) is 45.1 Å². The number of aryl methyl sites for hydroxylation is 1. The Hall–Kier alpha value is -2.97. The van der Waals surface area contributed by atoms with Crippen LogP contribution in [0.25, 0.3) is 0 Å². The molecule has 182 valence electrons. The molecule has 0 aliphatic carbocycles. The number of carbonyl (C=O) groups is 3. The van der Waals surface area contributed by atoms with E-state index in [1.54, 1.807) is 30.2 Å². The number of hydrogen-bond acceptors (Lipinski definition) is 5.